The second-order valence-corrected chi connectivity index (χ2v) is 8.93. The number of carbonyl (C=O) groups is 1. The molecule has 0 atom stereocenters. The number of ketones is 1. The molecule has 9 nitrogen and oxygen atoms in total. The number of hydrogen-bond acceptors (Lipinski definition) is 9. The number of methoxy groups -OCH3 is 2. The number of aromatic nitrogens is 2. The Balaban J connectivity index is 1.47. The van der Waals surface area contributed by atoms with Crippen molar-refractivity contribution in [2.45, 2.75) is 13.0 Å². The lowest BCUT2D eigenvalue weighted by Gasteiger charge is -2.34. The third-order valence-corrected chi connectivity index (χ3v) is 6.33. The number of rotatable bonds is 11. The van der Waals surface area contributed by atoms with E-state index in [1.54, 1.807) is 20.4 Å². The lowest BCUT2D eigenvalue weighted by molar-refractivity contribution is -0.114. The van der Waals surface area contributed by atoms with Gasteiger partial charge in [0.15, 0.2) is 17.4 Å². The molecule has 4 rings (SSSR count). The monoisotopic (exact) mass is 502 g/mol. The average molecular weight is 503 g/mol. The number of piperazine rings is 1. The Morgan fingerprint density at radius 1 is 1.05 bits per heavy atom. The summed E-state index contributed by atoms with van der Waals surface area (Å²) in [5.74, 6) is 2.21. The van der Waals surface area contributed by atoms with E-state index < -0.39 is 0 Å². The van der Waals surface area contributed by atoms with Crippen LogP contribution in [0.4, 0.5) is 23.1 Å². The van der Waals surface area contributed by atoms with E-state index in [2.05, 4.69) is 50.1 Å². The fraction of sp³-hybridized carbons (Fsp3) is 0.321. The molecule has 0 spiro atoms. The average Bonchev–Trinajstić information content (AvgIpc) is 2.93. The van der Waals surface area contributed by atoms with Crippen LogP contribution in [0.2, 0.25) is 0 Å². The fourth-order valence-electron chi connectivity index (χ4n) is 4.18. The van der Waals surface area contributed by atoms with E-state index in [0.29, 0.717) is 30.5 Å². The Bertz CT molecular complexity index is 1240. The third kappa shape index (κ3) is 6.77. The zero-order chi connectivity index (χ0) is 26.2. The van der Waals surface area contributed by atoms with Crippen molar-refractivity contribution in [3.8, 4) is 11.5 Å². The van der Waals surface area contributed by atoms with Gasteiger partial charge >= 0.3 is 0 Å². The molecule has 1 saturated heterocycles. The minimum atomic E-state index is -0.00899. The molecule has 1 aromatic heterocycles. The van der Waals surface area contributed by atoms with E-state index in [1.807, 2.05) is 36.4 Å². The molecule has 1 aliphatic heterocycles. The first-order valence-corrected chi connectivity index (χ1v) is 12.3. The minimum Gasteiger partial charge on any atom is -0.494 e. The highest BCUT2D eigenvalue weighted by atomic mass is 16.5. The summed E-state index contributed by atoms with van der Waals surface area (Å²) < 4.78 is 11.1. The normalized spacial score (nSPS) is 13.6. The van der Waals surface area contributed by atoms with Gasteiger partial charge in [0.1, 0.15) is 5.75 Å². The Hall–Kier alpha value is -4.11. The Labute approximate surface area is 218 Å². The van der Waals surface area contributed by atoms with E-state index in [4.69, 9.17) is 9.47 Å². The molecule has 0 radical (unpaired) electrons. The van der Waals surface area contributed by atoms with Crippen molar-refractivity contribution < 1.29 is 14.3 Å². The van der Waals surface area contributed by atoms with Gasteiger partial charge in [-0.2, -0.15) is 4.98 Å². The lowest BCUT2D eigenvalue weighted by Crippen LogP contribution is -2.44. The smallest absolute Gasteiger partial charge is 0.229 e. The second-order valence-electron chi connectivity index (χ2n) is 8.93. The van der Waals surface area contributed by atoms with Gasteiger partial charge in [-0.25, -0.2) is 4.98 Å². The summed E-state index contributed by atoms with van der Waals surface area (Å²) in [5, 5.41) is 6.59. The van der Waals surface area contributed by atoms with Crippen LogP contribution in [-0.2, 0) is 17.8 Å². The van der Waals surface area contributed by atoms with Gasteiger partial charge in [0.25, 0.3) is 0 Å². The Kier molecular flexibility index (Phi) is 8.58. The van der Waals surface area contributed by atoms with Crippen LogP contribution < -0.4 is 25.0 Å². The van der Waals surface area contributed by atoms with Crippen LogP contribution >= 0.6 is 0 Å². The summed E-state index contributed by atoms with van der Waals surface area (Å²) in [6.07, 6.45) is 3.31. The molecule has 3 aromatic rings. The van der Waals surface area contributed by atoms with Crippen LogP contribution in [0.3, 0.4) is 0 Å². The van der Waals surface area contributed by atoms with Gasteiger partial charge in [0.05, 0.1) is 26.1 Å². The van der Waals surface area contributed by atoms with Gasteiger partial charge in [-0.1, -0.05) is 30.8 Å². The van der Waals surface area contributed by atoms with Crippen molar-refractivity contribution >= 4 is 28.9 Å². The van der Waals surface area contributed by atoms with E-state index in [9.17, 15) is 4.79 Å². The maximum absolute atomic E-state index is 11.7. The first-order valence-electron chi connectivity index (χ1n) is 12.3. The number of hydrogen-bond donors (Lipinski definition) is 2. The summed E-state index contributed by atoms with van der Waals surface area (Å²) in [6.45, 7) is 8.09. The van der Waals surface area contributed by atoms with Gasteiger partial charge in [-0.05, 0) is 36.4 Å². The molecule has 0 amide bonds. The van der Waals surface area contributed by atoms with Crippen molar-refractivity contribution in [1.29, 1.82) is 0 Å². The maximum atomic E-state index is 11.7. The molecule has 37 heavy (non-hydrogen) atoms. The molecule has 0 saturated carbocycles. The van der Waals surface area contributed by atoms with Gasteiger partial charge in [-0.3, -0.25) is 4.79 Å². The highest BCUT2D eigenvalue weighted by Gasteiger charge is 2.17. The molecule has 1 aliphatic rings. The summed E-state index contributed by atoms with van der Waals surface area (Å²) in [6, 6.07) is 14.0. The van der Waals surface area contributed by atoms with Crippen LogP contribution in [0.25, 0.3) is 0 Å². The van der Waals surface area contributed by atoms with Gasteiger partial charge < -0.3 is 29.9 Å². The molecule has 0 bridgehead atoms. The summed E-state index contributed by atoms with van der Waals surface area (Å²) in [5.41, 5.74) is 3.86. The molecular formula is C28H34N6O3. The Morgan fingerprint density at radius 2 is 1.81 bits per heavy atom. The number of nitrogens with one attached hydrogen (secondary N) is 2. The molecule has 194 valence electrons. The summed E-state index contributed by atoms with van der Waals surface area (Å²) in [4.78, 5) is 25.4. The second kappa shape index (κ2) is 12.2. The molecule has 1 fully saturated rings. The molecule has 9 heteroatoms. The van der Waals surface area contributed by atoms with Crippen LogP contribution in [0, 0.1) is 0 Å². The highest BCUT2D eigenvalue weighted by molar-refractivity contribution is 5.90. The molecule has 2 heterocycles. The van der Waals surface area contributed by atoms with Crippen LogP contribution in [0.5, 0.6) is 11.5 Å². The Morgan fingerprint density at radius 3 is 2.54 bits per heavy atom. The number of ether oxygens (including phenoxy) is 2. The first kappa shape index (κ1) is 26.0. The predicted molar refractivity (Wildman–Crippen MR) is 147 cm³/mol. The van der Waals surface area contributed by atoms with Crippen LogP contribution in [0.1, 0.15) is 11.1 Å². The molecular weight excluding hydrogens is 468 g/mol. The topological polar surface area (TPSA) is 91.9 Å². The van der Waals surface area contributed by atoms with E-state index >= 15 is 0 Å². The van der Waals surface area contributed by atoms with Gasteiger partial charge in [0.2, 0.25) is 5.95 Å². The van der Waals surface area contributed by atoms with Crippen LogP contribution in [-0.4, -0.2) is 68.1 Å². The standard InChI is InChI=1S/C28H34N6O3/c1-5-23(35)16-20-7-6-8-21(15-20)18-29-27-26(37-4)19-30-28(32-27)31-24-10-9-22(17-25(24)36-3)34-13-11-33(2)12-14-34/h5-10,15,17,19H,1,11-14,16,18H2,2-4H3,(H2,29,30,31,32). The molecule has 0 unspecified atom stereocenters. The lowest BCUT2D eigenvalue weighted by atomic mass is 10.1. The zero-order valence-electron chi connectivity index (χ0n) is 21.7. The summed E-state index contributed by atoms with van der Waals surface area (Å²) in [7, 11) is 5.39. The number of benzene rings is 2. The zero-order valence-corrected chi connectivity index (χ0v) is 21.7. The SMILES string of the molecule is C=CC(=O)Cc1cccc(CNc2nc(Nc3ccc(N4CCN(C)CC4)cc3OC)ncc2OC)c1. The number of allylic oxidation sites excluding steroid dienone is 1. The summed E-state index contributed by atoms with van der Waals surface area (Å²) >= 11 is 0. The quantitative estimate of drug-likeness (QED) is 0.379. The molecule has 2 aromatic carbocycles. The number of likely N-dealkylation sites (N-methyl/N-ethyl adjacent to an activating group) is 1. The van der Waals surface area contributed by atoms with Crippen molar-refractivity contribution in [2.24, 2.45) is 0 Å². The van der Waals surface area contributed by atoms with Crippen molar-refractivity contribution in [1.82, 2.24) is 14.9 Å². The number of nitrogens with zero attached hydrogens (tertiary/aromatic N) is 4. The predicted octanol–water partition coefficient (Wildman–Crippen LogP) is 3.90. The van der Waals surface area contributed by atoms with Crippen LogP contribution in [0.15, 0.2) is 61.3 Å². The largest absolute Gasteiger partial charge is 0.494 e. The minimum absolute atomic E-state index is 0.00899. The van der Waals surface area contributed by atoms with Gasteiger partial charge in [-0.15, -0.1) is 0 Å². The van der Waals surface area contributed by atoms with Gasteiger partial charge in [0, 0.05) is 50.9 Å². The fourth-order valence-corrected chi connectivity index (χ4v) is 4.18. The third-order valence-electron chi connectivity index (χ3n) is 6.33. The first-order chi connectivity index (χ1) is 18.0. The number of anilines is 4. The maximum Gasteiger partial charge on any atom is 0.229 e. The van der Waals surface area contributed by atoms with Crippen molar-refractivity contribution in [3.63, 3.8) is 0 Å². The molecule has 0 aliphatic carbocycles. The van der Waals surface area contributed by atoms with Crippen molar-refractivity contribution in [2.75, 3.05) is 63.0 Å². The highest BCUT2D eigenvalue weighted by Crippen LogP contribution is 2.32. The van der Waals surface area contributed by atoms with E-state index in [-0.39, 0.29) is 5.78 Å². The number of carbonyl (C=O) groups excluding carboxylic acids is 1. The molecule has 2 N–H and O–H groups in total. The van der Waals surface area contributed by atoms with E-state index in [1.165, 1.54) is 6.08 Å². The van der Waals surface area contributed by atoms with Crippen molar-refractivity contribution in [3.05, 3.63) is 72.4 Å². The van der Waals surface area contributed by atoms with E-state index in [0.717, 1.165) is 54.4 Å².